The Bertz CT molecular complexity index is 1160. The molecular formula is C28H37N3O4. The molecule has 1 fully saturated rings. The Balaban J connectivity index is 1.92. The normalized spacial score (nSPS) is 19.9. The molecule has 0 aromatic heterocycles. The minimum atomic E-state index is -0.982. The van der Waals surface area contributed by atoms with E-state index in [1.54, 1.807) is 0 Å². The van der Waals surface area contributed by atoms with Crippen molar-refractivity contribution >= 4 is 29.2 Å². The van der Waals surface area contributed by atoms with E-state index in [0.29, 0.717) is 25.2 Å². The van der Waals surface area contributed by atoms with Crippen molar-refractivity contribution < 1.29 is 19.8 Å². The fourth-order valence-corrected chi connectivity index (χ4v) is 5.85. The molecule has 0 radical (unpaired) electrons. The second kappa shape index (κ2) is 8.47. The first-order valence-electron chi connectivity index (χ1n) is 12.3. The third-order valence-corrected chi connectivity index (χ3v) is 7.22. The average Bonchev–Trinajstić information content (AvgIpc) is 3.07. The maximum atomic E-state index is 12.3. The number of rotatable bonds is 2. The lowest BCUT2D eigenvalue weighted by Crippen LogP contribution is -2.49. The van der Waals surface area contributed by atoms with Gasteiger partial charge in [-0.15, -0.1) is 0 Å². The van der Waals surface area contributed by atoms with E-state index in [1.807, 2.05) is 6.92 Å². The van der Waals surface area contributed by atoms with E-state index in [9.17, 15) is 19.8 Å². The number of piperidine rings is 1. The van der Waals surface area contributed by atoms with Gasteiger partial charge in [-0.25, -0.2) is 9.59 Å². The van der Waals surface area contributed by atoms with E-state index in [-0.39, 0.29) is 22.9 Å². The Morgan fingerprint density at radius 3 is 2.23 bits per heavy atom. The number of carbonyl (C=O) groups is 2. The summed E-state index contributed by atoms with van der Waals surface area (Å²) in [5.74, 6) is -0.190. The van der Waals surface area contributed by atoms with Crippen molar-refractivity contribution in [2.45, 2.75) is 77.8 Å². The summed E-state index contributed by atoms with van der Waals surface area (Å²) in [6, 6.07) is 12.4. The van der Waals surface area contributed by atoms with Crippen molar-refractivity contribution in [1.29, 1.82) is 0 Å². The summed E-state index contributed by atoms with van der Waals surface area (Å²) in [6.45, 7) is 15.7. The van der Waals surface area contributed by atoms with Crippen LogP contribution in [0, 0.1) is 6.92 Å². The largest absolute Gasteiger partial charge is 0.465 e. The van der Waals surface area contributed by atoms with Crippen LogP contribution in [0.3, 0.4) is 0 Å². The minimum absolute atomic E-state index is 0.0670. The number of carboxylic acid groups (broad SMARTS) is 2. The first-order chi connectivity index (χ1) is 16.2. The second-order valence-electron chi connectivity index (χ2n) is 11.8. The van der Waals surface area contributed by atoms with Gasteiger partial charge in [0.2, 0.25) is 0 Å². The molecule has 0 aliphatic carbocycles. The lowest BCUT2D eigenvalue weighted by atomic mass is 9.84. The molecule has 35 heavy (non-hydrogen) atoms. The SMILES string of the molecule is Cc1cc(N(c2ccccc2C(C)(C)C)C(C)(C)C)cc2c1N(C(=O)O)[C@H]1CCN(C(=O)O)C[C@@H]21. The van der Waals surface area contributed by atoms with Gasteiger partial charge in [0, 0.05) is 35.9 Å². The van der Waals surface area contributed by atoms with Gasteiger partial charge in [0.1, 0.15) is 0 Å². The summed E-state index contributed by atoms with van der Waals surface area (Å²) in [5.41, 5.74) is 5.53. The number of likely N-dealkylation sites (tertiary alicyclic amines) is 1. The molecule has 188 valence electrons. The van der Waals surface area contributed by atoms with Crippen LogP contribution in [0.15, 0.2) is 36.4 Å². The first kappa shape index (κ1) is 24.9. The number of benzene rings is 2. The van der Waals surface area contributed by atoms with Gasteiger partial charge in [-0.3, -0.25) is 4.90 Å². The quantitative estimate of drug-likeness (QED) is 0.509. The smallest absolute Gasteiger partial charge is 0.412 e. The highest BCUT2D eigenvalue weighted by Gasteiger charge is 2.47. The number of amides is 2. The molecule has 4 rings (SSSR count). The summed E-state index contributed by atoms with van der Waals surface area (Å²) >= 11 is 0. The zero-order valence-corrected chi connectivity index (χ0v) is 21.8. The summed E-state index contributed by atoms with van der Waals surface area (Å²) in [6.07, 6.45) is -1.45. The lowest BCUT2D eigenvalue weighted by Gasteiger charge is -2.41. The van der Waals surface area contributed by atoms with Gasteiger partial charge in [0.25, 0.3) is 0 Å². The minimum Gasteiger partial charge on any atom is -0.465 e. The molecule has 2 atom stereocenters. The van der Waals surface area contributed by atoms with Gasteiger partial charge in [0.05, 0.1) is 11.7 Å². The maximum Gasteiger partial charge on any atom is 0.412 e. The number of nitrogens with zero attached hydrogens (tertiary/aromatic N) is 3. The molecule has 2 aliphatic heterocycles. The van der Waals surface area contributed by atoms with Gasteiger partial charge < -0.3 is 20.0 Å². The van der Waals surface area contributed by atoms with Crippen molar-refractivity contribution in [2.24, 2.45) is 0 Å². The van der Waals surface area contributed by atoms with Crippen LogP contribution in [0.25, 0.3) is 0 Å². The Labute approximate surface area is 208 Å². The molecule has 2 aliphatic rings. The molecule has 0 unspecified atom stereocenters. The van der Waals surface area contributed by atoms with Crippen LogP contribution in [0.5, 0.6) is 0 Å². The Morgan fingerprint density at radius 2 is 1.66 bits per heavy atom. The number of anilines is 3. The summed E-state index contributed by atoms with van der Waals surface area (Å²) in [5, 5.41) is 19.7. The van der Waals surface area contributed by atoms with Crippen LogP contribution < -0.4 is 9.80 Å². The van der Waals surface area contributed by atoms with Crippen LogP contribution in [0.2, 0.25) is 0 Å². The van der Waals surface area contributed by atoms with Gasteiger partial charge >= 0.3 is 12.2 Å². The van der Waals surface area contributed by atoms with E-state index in [0.717, 1.165) is 22.5 Å². The molecule has 2 amide bonds. The zero-order chi connectivity index (χ0) is 25.9. The van der Waals surface area contributed by atoms with Crippen LogP contribution in [0.4, 0.5) is 26.7 Å². The van der Waals surface area contributed by atoms with Gasteiger partial charge in [-0.2, -0.15) is 0 Å². The second-order valence-corrected chi connectivity index (χ2v) is 11.8. The fraction of sp³-hybridized carbons (Fsp3) is 0.500. The Morgan fingerprint density at radius 1 is 1.00 bits per heavy atom. The highest BCUT2D eigenvalue weighted by molar-refractivity contribution is 5.93. The third-order valence-electron chi connectivity index (χ3n) is 7.22. The Hall–Kier alpha value is -3.22. The average molecular weight is 480 g/mol. The van der Waals surface area contributed by atoms with E-state index in [1.165, 1.54) is 15.4 Å². The van der Waals surface area contributed by atoms with E-state index in [4.69, 9.17) is 0 Å². The summed E-state index contributed by atoms with van der Waals surface area (Å²) in [7, 11) is 0. The highest BCUT2D eigenvalue weighted by Crippen LogP contribution is 2.50. The monoisotopic (exact) mass is 479 g/mol. The number of hydrogen-bond donors (Lipinski definition) is 2. The molecule has 7 heteroatoms. The molecule has 2 aromatic carbocycles. The van der Waals surface area contributed by atoms with Crippen LogP contribution in [0.1, 0.15) is 70.6 Å². The Kier molecular flexibility index (Phi) is 6.02. The predicted molar refractivity (Wildman–Crippen MR) is 139 cm³/mol. The predicted octanol–water partition coefficient (Wildman–Crippen LogP) is 6.56. The standard InChI is InChI=1S/C28H37N3O4/c1-17-14-18(31(28(5,6)7)23-11-9-8-10-21(23)27(2,3)4)15-19-20-16-29(25(32)33)13-12-22(20)30(24(17)19)26(34)35/h8-11,14-15,20,22H,12-13,16H2,1-7H3,(H,32,33)(H,34,35)/t20-,22-/m0/s1. The van der Waals surface area contributed by atoms with Gasteiger partial charge in [-0.05, 0) is 74.4 Å². The number of para-hydroxylation sites is 1. The zero-order valence-electron chi connectivity index (χ0n) is 21.8. The van der Waals surface area contributed by atoms with Crippen molar-refractivity contribution in [3.8, 4) is 0 Å². The van der Waals surface area contributed by atoms with E-state index in [2.05, 4.69) is 82.8 Å². The van der Waals surface area contributed by atoms with Crippen molar-refractivity contribution in [3.05, 3.63) is 53.1 Å². The van der Waals surface area contributed by atoms with Crippen LogP contribution in [-0.2, 0) is 5.41 Å². The van der Waals surface area contributed by atoms with Crippen molar-refractivity contribution in [1.82, 2.24) is 4.90 Å². The van der Waals surface area contributed by atoms with E-state index < -0.39 is 12.2 Å². The topological polar surface area (TPSA) is 84.3 Å². The molecule has 2 heterocycles. The summed E-state index contributed by atoms with van der Waals surface area (Å²) in [4.78, 5) is 29.3. The molecule has 0 bridgehead atoms. The maximum absolute atomic E-state index is 12.3. The highest BCUT2D eigenvalue weighted by atomic mass is 16.4. The molecule has 2 N–H and O–H groups in total. The molecule has 1 saturated heterocycles. The van der Waals surface area contributed by atoms with E-state index >= 15 is 0 Å². The van der Waals surface area contributed by atoms with Crippen molar-refractivity contribution in [2.75, 3.05) is 22.9 Å². The van der Waals surface area contributed by atoms with Crippen molar-refractivity contribution in [3.63, 3.8) is 0 Å². The van der Waals surface area contributed by atoms with Crippen LogP contribution >= 0.6 is 0 Å². The molecule has 0 spiro atoms. The number of fused-ring (bicyclic) bond motifs is 3. The summed E-state index contributed by atoms with van der Waals surface area (Å²) < 4.78 is 0. The fourth-order valence-electron chi connectivity index (χ4n) is 5.85. The molecule has 7 nitrogen and oxygen atoms in total. The molecule has 0 saturated carbocycles. The molecular weight excluding hydrogens is 442 g/mol. The lowest BCUT2D eigenvalue weighted by molar-refractivity contribution is 0.126. The third kappa shape index (κ3) is 4.32. The number of aryl methyl sites for hydroxylation is 1. The number of hydrogen-bond acceptors (Lipinski definition) is 3. The van der Waals surface area contributed by atoms with Gasteiger partial charge in [0.15, 0.2) is 0 Å². The van der Waals surface area contributed by atoms with Crippen LogP contribution in [-0.4, -0.2) is 52.0 Å². The van der Waals surface area contributed by atoms with Gasteiger partial charge in [-0.1, -0.05) is 39.0 Å². The molecule has 2 aromatic rings. The first-order valence-corrected chi connectivity index (χ1v) is 12.3.